The standard InChI is InChI=1S/C21H25FN4O2/c1-15-10-18(22)5-6-20(15)21(28)25-8-3-4-19(7-9-25)26(16(2)27)13-17-11-23-14-24-12-17/h5-6,10-12,14,19H,3-4,7-9,13H2,1-2H3. The third-order valence-electron chi connectivity index (χ3n) is 5.22. The molecule has 2 heterocycles. The maximum atomic E-state index is 13.3. The van der Waals surface area contributed by atoms with Gasteiger partial charge in [-0.3, -0.25) is 9.59 Å². The third kappa shape index (κ3) is 4.71. The number of hydrogen-bond donors (Lipinski definition) is 0. The SMILES string of the molecule is CC(=O)N(Cc1cncnc1)C1CCCN(C(=O)c2ccc(F)cc2C)CC1. The number of rotatable bonds is 4. The fraction of sp³-hybridized carbons (Fsp3) is 0.429. The van der Waals surface area contributed by atoms with Crippen LogP contribution in [0.15, 0.2) is 36.9 Å². The molecule has 0 saturated carbocycles. The first-order chi connectivity index (χ1) is 13.5. The Labute approximate surface area is 164 Å². The molecule has 0 spiro atoms. The van der Waals surface area contributed by atoms with E-state index in [0.29, 0.717) is 37.2 Å². The van der Waals surface area contributed by atoms with Gasteiger partial charge in [-0.05, 0) is 49.9 Å². The quantitative estimate of drug-likeness (QED) is 0.813. The first-order valence-electron chi connectivity index (χ1n) is 9.52. The van der Waals surface area contributed by atoms with Gasteiger partial charge in [-0.15, -0.1) is 0 Å². The summed E-state index contributed by atoms with van der Waals surface area (Å²) in [5.41, 5.74) is 2.06. The summed E-state index contributed by atoms with van der Waals surface area (Å²) >= 11 is 0. The summed E-state index contributed by atoms with van der Waals surface area (Å²) in [6, 6.07) is 4.31. The van der Waals surface area contributed by atoms with Gasteiger partial charge in [0.25, 0.3) is 5.91 Å². The molecule has 0 bridgehead atoms. The predicted molar refractivity (Wildman–Crippen MR) is 103 cm³/mol. The van der Waals surface area contributed by atoms with Gasteiger partial charge in [0.05, 0.1) is 0 Å². The molecule has 1 unspecified atom stereocenters. The zero-order valence-electron chi connectivity index (χ0n) is 16.3. The van der Waals surface area contributed by atoms with E-state index in [2.05, 4.69) is 9.97 Å². The van der Waals surface area contributed by atoms with Crippen molar-refractivity contribution in [1.29, 1.82) is 0 Å². The molecule has 2 aromatic rings. The zero-order chi connectivity index (χ0) is 20.1. The lowest BCUT2D eigenvalue weighted by molar-refractivity contribution is -0.132. The van der Waals surface area contributed by atoms with E-state index in [4.69, 9.17) is 0 Å². The van der Waals surface area contributed by atoms with E-state index >= 15 is 0 Å². The van der Waals surface area contributed by atoms with Crippen LogP contribution >= 0.6 is 0 Å². The molecule has 0 N–H and O–H groups in total. The van der Waals surface area contributed by atoms with E-state index in [0.717, 1.165) is 18.4 Å². The number of aromatic nitrogens is 2. The topological polar surface area (TPSA) is 66.4 Å². The summed E-state index contributed by atoms with van der Waals surface area (Å²) in [6.45, 7) is 4.98. The van der Waals surface area contributed by atoms with E-state index in [1.54, 1.807) is 32.3 Å². The molecule has 1 fully saturated rings. The van der Waals surface area contributed by atoms with Crippen LogP contribution in [-0.2, 0) is 11.3 Å². The second-order valence-electron chi connectivity index (χ2n) is 7.23. The average Bonchev–Trinajstić information content (AvgIpc) is 2.92. The van der Waals surface area contributed by atoms with Gasteiger partial charge in [0.15, 0.2) is 0 Å². The highest BCUT2D eigenvalue weighted by Crippen LogP contribution is 2.21. The summed E-state index contributed by atoms with van der Waals surface area (Å²) in [7, 11) is 0. The highest BCUT2D eigenvalue weighted by Gasteiger charge is 2.27. The van der Waals surface area contributed by atoms with E-state index in [1.165, 1.54) is 18.5 Å². The van der Waals surface area contributed by atoms with Crippen LogP contribution in [0.3, 0.4) is 0 Å². The van der Waals surface area contributed by atoms with Crippen molar-refractivity contribution in [2.75, 3.05) is 13.1 Å². The Morgan fingerprint density at radius 1 is 1.21 bits per heavy atom. The number of nitrogens with zero attached hydrogens (tertiary/aromatic N) is 4. The van der Waals surface area contributed by atoms with E-state index in [-0.39, 0.29) is 23.7 Å². The number of benzene rings is 1. The molecule has 1 saturated heterocycles. The summed E-state index contributed by atoms with van der Waals surface area (Å²) < 4.78 is 13.3. The second-order valence-corrected chi connectivity index (χ2v) is 7.23. The fourth-order valence-corrected chi connectivity index (χ4v) is 3.74. The van der Waals surface area contributed by atoms with E-state index in [9.17, 15) is 14.0 Å². The smallest absolute Gasteiger partial charge is 0.254 e. The Morgan fingerprint density at radius 2 is 1.96 bits per heavy atom. The van der Waals surface area contributed by atoms with Gasteiger partial charge in [-0.1, -0.05) is 0 Å². The predicted octanol–water partition coefficient (Wildman–Crippen LogP) is 2.97. The molecule has 148 valence electrons. The van der Waals surface area contributed by atoms with Gasteiger partial charge in [-0.2, -0.15) is 0 Å². The van der Waals surface area contributed by atoms with Crippen LogP contribution in [0.1, 0.15) is 47.7 Å². The number of likely N-dealkylation sites (tertiary alicyclic amines) is 1. The minimum atomic E-state index is -0.341. The van der Waals surface area contributed by atoms with Gasteiger partial charge in [0, 0.05) is 56.1 Å². The maximum absolute atomic E-state index is 13.3. The average molecular weight is 384 g/mol. The molecule has 1 atom stereocenters. The summed E-state index contributed by atoms with van der Waals surface area (Å²) in [4.78, 5) is 36.8. The Morgan fingerprint density at radius 3 is 2.64 bits per heavy atom. The van der Waals surface area contributed by atoms with Gasteiger partial charge < -0.3 is 9.80 Å². The minimum Gasteiger partial charge on any atom is -0.339 e. The molecule has 2 amide bonds. The molecule has 1 aliphatic heterocycles. The number of halogens is 1. The summed E-state index contributed by atoms with van der Waals surface area (Å²) in [5, 5.41) is 0. The first kappa shape index (κ1) is 19.9. The normalized spacial score (nSPS) is 17.1. The molecule has 28 heavy (non-hydrogen) atoms. The molecule has 6 nitrogen and oxygen atoms in total. The van der Waals surface area contributed by atoms with Crippen molar-refractivity contribution in [2.45, 2.75) is 45.7 Å². The highest BCUT2D eigenvalue weighted by atomic mass is 19.1. The van der Waals surface area contributed by atoms with Crippen LogP contribution in [0.25, 0.3) is 0 Å². The molecule has 0 radical (unpaired) electrons. The van der Waals surface area contributed by atoms with Crippen molar-refractivity contribution in [3.8, 4) is 0 Å². The fourth-order valence-electron chi connectivity index (χ4n) is 3.74. The van der Waals surface area contributed by atoms with Crippen LogP contribution in [0.4, 0.5) is 4.39 Å². The van der Waals surface area contributed by atoms with Crippen molar-refractivity contribution in [2.24, 2.45) is 0 Å². The Balaban J connectivity index is 1.69. The Kier molecular flexibility index (Phi) is 6.34. The lowest BCUT2D eigenvalue weighted by atomic mass is 10.1. The van der Waals surface area contributed by atoms with Crippen molar-refractivity contribution in [3.05, 3.63) is 59.4 Å². The van der Waals surface area contributed by atoms with Crippen LogP contribution in [0.5, 0.6) is 0 Å². The maximum Gasteiger partial charge on any atom is 0.254 e. The van der Waals surface area contributed by atoms with Gasteiger partial charge in [0.1, 0.15) is 12.1 Å². The second kappa shape index (κ2) is 8.91. The molecule has 1 aromatic heterocycles. The third-order valence-corrected chi connectivity index (χ3v) is 5.22. The van der Waals surface area contributed by atoms with Crippen molar-refractivity contribution in [3.63, 3.8) is 0 Å². The van der Waals surface area contributed by atoms with Crippen LogP contribution < -0.4 is 0 Å². The number of hydrogen-bond acceptors (Lipinski definition) is 4. The summed E-state index contributed by atoms with van der Waals surface area (Å²) in [6.07, 6.45) is 7.25. The Bertz CT molecular complexity index is 844. The number of amides is 2. The van der Waals surface area contributed by atoms with Crippen LogP contribution in [-0.4, -0.2) is 50.7 Å². The van der Waals surface area contributed by atoms with E-state index < -0.39 is 0 Å². The zero-order valence-corrected chi connectivity index (χ0v) is 16.3. The van der Waals surface area contributed by atoms with E-state index in [1.807, 2.05) is 9.80 Å². The number of aryl methyl sites for hydroxylation is 1. The van der Waals surface area contributed by atoms with Crippen molar-refractivity contribution >= 4 is 11.8 Å². The van der Waals surface area contributed by atoms with Crippen LogP contribution in [0.2, 0.25) is 0 Å². The first-order valence-corrected chi connectivity index (χ1v) is 9.52. The lowest BCUT2D eigenvalue weighted by Crippen LogP contribution is -2.39. The van der Waals surface area contributed by atoms with Gasteiger partial charge in [-0.25, -0.2) is 14.4 Å². The number of carbonyl (C=O) groups excluding carboxylic acids is 2. The molecule has 7 heteroatoms. The molecular weight excluding hydrogens is 359 g/mol. The monoisotopic (exact) mass is 384 g/mol. The number of carbonyl (C=O) groups is 2. The lowest BCUT2D eigenvalue weighted by Gasteiger charge is -2.30. The molecular formula is C21H25FN4O2. The highest BCUT2D eigenvalue weighted by molar-refractivity contribution is 5.95. The molecule has 0 aliphatic carbocycles. The van der Waals surface area contributed by atoms with Crippen molar-refractivity contribution in [1.82, 2.24) is 19.8 Å². The molecule has 1 aliphatic rings. The summed E-state index contributed by atoms with van der Waals surface area (Å²) in [5.74, 6) is -0.418. The van der Waals surface area contributed by atoms with Crippen molar-refractivity contribution < 1.29 is 14.0 Å². The largest absolute Gasteiger partial charge is 0.339 e. The minimum absolute atomic E-state index is 0.00279. The van der Waals surface area contributed by atoms with Gasteiger partial charge >= 0.3 is 0 Å². The van der Waals surface area contributed by atoms with Gasteiger partial charge in [0.2, 0.25) is 5.91 Å². The molecule has 1 aromatic carbocycles. The molecule has 3 rings (SSSR count). The Hall–Kier alpha value is -2.83. The van der Waals surface area contributed by atoms with Crippen LogP contribution in [0, 0.1) is 12.7 Å².